The van der Waals surface area contributed by atoms with E-state index in [2.05, 4.69) is 15.2 Å². The monoisotopic (exact) mass is 457 g/mol. The number of urea groups is 1. The van der Waals surface area contributed by atoms with Crippen molar-refractivity contribution in [1.29, 1.82) is 0 Å². The van der Waals surface area contributed by atoms with Crippen LogP contribution in [-0.4, -0.2) is 42.1 Å². The lowest BCUT2D eigenvalue weighted by atomic mass is 10.1. The van der Waals surface area contributed by atoms with Crippen molar-refractivity contribution < 1.29 is 22.8 Å². The van der Waals surface area contributed by atoms with Gasteiger partial charge in [-0.15, -0.1) is 0 Å². The number of nitrogens with zero attached hydrogens (tertiary/aromatic N) is 3. The van der Waals surface area contributed by atoms with Crippen molar-refractivity contribution in [2.75, 3.05) is 31.1 Å². The molecule has 3 N–H and O–H groups in total. The lowest BCUT2D eigenvalue weighted by Crippen LogP contribution is -2.41. The van der Waals surface area contributed by atoms with Gasteiger partial charge >= 0.3 is 6.03 Å². The Balaban J connectivity index is 1.38. The first-order chi connectivity index (χ1) is 15.9. The number of anilines is 1. The van der Waals surface area contributed by atoms with Crippen LogP contribution < -0.4 is 21.0 Å². The van der Waals surface area contributed by atoms with Crippen molar-refractivity contribution in [2.24, 2.45) is 5.90 Å². The van der Waals surface area contributed by atoms with E-state index in [1.165, 1.54) is 6.07 Å². The summed E-state index contributed by atoms with van der Waals surface area (Å²) in [7, 11) is 0. The molecular formula is C23H25F2N5O3. The summed E-state index contributed by atoms with van der Waals surface area (Å²) in [4.78, 5) is 25.7. The van der Waals surface area contributed by atoms with Gasteiger partial charge in [-0.25, -0.2) is 18.6 Å². The van der Waals surface area contributed by atoms with Gasteiger partial charge in [-0.1, -0.05) is 6.07 Å². The molecule has 174 valence electrons. The van der Waals surface area contributed by atoms with E-state index in [-0.39, 0.29) is 12.6 Å². The molecule has 0 aliphatic carbocycles. The SMILES string of the molecule is Cc1ncc(-c2ccc(N3CCCN(C(=O)NCc4ccc(F)c(F)c4)CC3)cc2ON)o1. The Bertz CT molecular complexity index is 1140. The minimum atomic E-state index is -0.933. The minimum Gasteiger partial charge on any atom is -0.441 e. The Morgan fingerprint density at radius 1 is 1.15 bits per heavy atom. The molecule has 1 aliphatic heterocycles. The number of carbonyl (C=O) groups is 1. The van der Waals surface area contributed by atoms with Crippen LogP contribution in [0, 0.1) is 18.6 Å². The third-order valence-electron chi connectivity index (χ3n) is 5.55. The summed E-state index contributed by atoms with van der Waals surface area (Å²) in [6.07, 6.45) is 2.38. The van der Waals surface area contributed by atoms with Gasteiger partial charge in [-0.3, -0.25) is 0 Å². The second-order valence-corrected chi connectivity index (χ2v) is 7.78. The van der Waals surface area contributed by atoms with Gasteiger partial charge in [0.1, 0.15) is 0 Å². The average Bonchev–Trinajstić information content (AvgIpc) is 3.10. The summed E-state index contributed by atoms with van der Waals surface area (Å²) in [5.74, 6) is 5.24. The molecule has 4 rings (SSSR count). The average molecular weight is 457 g/mol. The summed E-state index contributed by atoms with van der Waals surface area (Å²) in [5, 5.41) is 2.77. The molecule has 33 heavy (non-hydrogen) atoms. The molecule has 0 spiro atoms. The molecule has 8 nitrogen and oxygen atoms in total. The number of halogens is 2. The highest BCUT2D eigenvalue weighted by molar-refractivity contribution is 5.74. The molecule has 1 aliphatic rings. The number of hydrogen-bond donors (Lipinski definition) is 2. The molecule has 1 aromatic heterocycles. The van der Waals surface area contributed by atoms with E-state index in [0.717, 1.165) is 30.8 Å². The second kappa shape index (κ2) is 9.86. The van der Waals surface area contributed by atoms with Gasteiger partial charge in [0.25, 0.3) is 0 Å². The Kier molecular flexibility index (Phi) is 6.74. The standard InChI is InChI=1S/C23H25F2N5O3/c1-15-27-14-22(32-15)18-5-4-17(12-21(18)33-26)29-7-2-8-30(10-9-29)23(31)28-13-16-3-6-19(24)20(25)11-16/h3-6,11-12,14H,2,7-10,13,26H2,1H3,(H,28,31). The predicted octanol–water partition coefficient (Wildman–Crippen LogP) is 3.60. The number of aromatic nitrogens is 1. The number of aryl methyl sites for hydroxylation is 1. The van der Waals surface area contributed by atoms with Crippen molar-refractivity contribution in [1.82, 2.24) is 15.2 Å². The maximum Gasteiger partial charge on any atom is 0.317 e. The second-order valence-electron chi connectivity index (χ2n) is 7.78. The number of benzene rings is 2. The van der Waals surface area contributed by atoms with Crippen LogP contribution in [0.1, 0.15) is 17.9 Å². The van der Waals surface area contributed by atoms with E-state index in [9.17, 15) is 13.6 Å². The first kappa shape index (κ1) is 22.5. The summed E-state index contributed by atoms with van der Waals surface area (Å²) in [6, 6.07) is 9.00. The zero-order valence-corrected chi connectivity index (χ0v) is 18.2. The molecule has 0 radical (unpaired) electrons. The lowest BCUT2D eigenvalue weighted by Gasteiger charge is -2.24. The summed E-state index contributed by atoms with van der Waals surface area (Å²) in [6.45, 7) is 4.33. The first-order valence-corrected chi connectivity index (χ1v) is 10.6. The molecule has 10 heteroatoms. The third-order valence-corrected chi connectivity index (χ3v) is 5.55. The van der Waals surface area contributed by atoms with E-state index in [1.807, 2.05) is 18.2 Å². The molecule has 3 aromatic rings. The van der Waals surface area contributed by atoms with Crippen LogP contribution in [-0.2, 0) is 6.54 Å². The van der Waals surface area contributed by atoms with Crippen molar-refractivity contribution >= 4 is 11.7 Å². The molecule has 2 aromatic carbocycles. The molecule has 2 amide bonds. The smallest absolute Gasteiger partial charge is 0.317 e. The largest absolute Gasteiger partial charge is 0.441 e. The number of nitrogens with one attached hydrogen (secondary N) is 1. The van der Waals surface area contributed by atoms with Gasteiger partial charge in [0.15, 0.2) is 29.0 Å². The Morgan fingerprint density at radius 2 is 2.00 bits per heavy atom. The van der Waals surface area contributed by atoms with Crippen LogP contribution in [0.25, 0.3) is 11.3 Å². The summed E-state index contributed by atoms with van der Waals surface area (Å²) < 4.78 is 32.0. The van der Waals surface area contributed by atoms with Crippen molar-refractivity contribution in [3.63, 3.8) is 0 Å². The lowest BCUT2D eigenvalue weighted by molar-refractivity contribution is 0.201. The van der Waals surface area contributed by atoms with E-state index in [0.29, 0.717) is 48.2 Å². The highest BCUT2D eigenvalue weighted by Crippen LogP contribution is 2.34. The first-order valence-electron chi connectivity index (χ1n) is 10.6. The number of oxazole rings is 1. The number of hydrogen-bond acceptors (Lipinski definition) is 6. The summed E-state index contributed by atoms with van der Waals surface area (Å²) in [5.41, 5.74) is 2.12. The van der Waals surface area contributed by atoms with Crippen LogP contribution in [0.5, 0.6) is 5.75 Å². The van der Waals surface area contributed by atoms with Crippen LogP contribution in [0.15, 0.2) is 47.0 Å². The quantitative estimate of drug-likeness (QED) is 0.569. The molecule has 0 bridgehead atoms. The van der Waals surface area contributed by atoms with E-state index in [1.54, 1.807) is 18.0 Å². The van der Waals surface area contributed by atoms with E-state index in [4.69, 9.17) is 15.2 Å². The van der Waals surface area contributed by atoms with E-state index >= 15 is 0 Å². The maximum atomic E-state index is 13.4. The molecule has 1 fully saturated rings. The number of rotatable bonds is 5. The Morgan fingerprint density at radius 3 is 2.73 bits per heavy atom. The van der Waals surface area contributed by atoms with E-state index < -0.39 is 11.6 Å². The fourth-order valence-corrected chi connectivity index (χ4v) is 3.81. The maximum absolute atomic E-state index is 13.4. The van der Waals surface area contributed by atoms with Crippen LogP contribution in [0.4, 0.5) is 19.3 Å². The topological polar surface area (TPSA) is 96.9 Å². The van der Waals surface area contributed by atoms with Crippen molar-refractivity contribution in [3.8, 4) is 17.1 Å². The molecule has 0 saturated carbocycles. The summed E-state index contributed by atoms with van der Waals surface area (Å²) >= 11 is 0. The van der Waals surface area contributed by atoms with Gasteiger partial charge in [-0.2, -0.15) is 5.90 Å². The Hall–Kier alpha value is -3.66. The normalized spacial score (nSPS) is 14.2. The van der Waals surface area contributed by atoms with Gasteiger partial charge in [0.2, 0.25) is 0 Å². The molecule has 2 heterocycles. The van der Waals surface area contributed by atoms with Gasteiger partial charge in [0, 0.05) is 51.4 Å². The van der Waals surface area contributed by atoms with Gasteiger partial charge in [0.05, 0.1) is 11.8 Å². The molecule has 0 unspecified atom stereocenters. The number of carbonyl (C=O) groups excluding carboxylic acids is 1. The third kappa shape index (κ3) is 5.23. The predicted molar refractivity (Wildman–Crippen MR) is 118 cm³/mol. The minimum absolute atomic E-state index is 0.121. The fourth-order valence-electron chi connectivity index (χ4n) is 3.81. The highest BCUT2D eigenvalue weighted by atomic mass is 19.2. The number of amides is 2. The molecule has 0 atom stereocenters. The van der Waals surface area contributed by atoms with Crippen LogP contribution in [0.3, 0.4) is 0 Å². The highest BCUT2D eigenvalue weighted by Gasteiger charge is 2.21. The molecular weight excluding hydrogens is 432 g/mol. The van der Waals surface area contributed by atoms with Gasteiger partial charge in [-0.05, 0) is 36.2 Å². The van der Waals surface area contributed by atoms with Crippen molar-refractivity contribution in [2.45, 2.75) is 19.9 Å². The Labute approximate surface area is 189 Å². The van der Waals surface area contributed by atoms with Gasteiger partial charge < -0.3 is 24.4 Å². The molecule has 1 saturated heterocycles. The fraction of sp³-hybridized carbons (Fsp3) is 0.304. The van der Waals surface area contributed by atoms with Crippen LogP contribution in [0.2, 0.25) is 0 Å². The van der Waals surface area contributed by atoms with Crippen LogP contribution >= 0.6 is 0 Å². The van der Waals surface area contributed by atoms with Crippen molar-refractivity contribution in [3.05, 3.63) is 65.7 Å². The zero-order chi connectivity index (χ0) is 23.4. The number of nitrogens with two attached hydrogens (primary N) is 1. The zero-order valence-electron chi connectivity index (χ0n) is 18.2.